The standard InChI is InChI=1S/C11H13F3N2O.C2H6/c1-7-10(11(12,13)14)3-2-8(16-7)4-15-9-5-17-6-9;1-2/h2-3,9,15H,4-6H2,1H3;1-2H3. The van der Waals surface area contributed by atoms with Crippen molar-refractivity contribution < 1.29 is 17.9 Å². The van der Waals surface area contributed by atoms with Crippen molar-refractivity contribution in [3.05, 3.63) is 29.1 Å². The van der Waals surface area contributed by atoms with E-state index >= 15 is 0 Å². The Morgan fingerprint density at radius 2 is 1.95 bits per heavy atom. The molecule has 0 spiro atoms. The van der Waals surface area contributed by atoms with Crippen LogP contribution in [0.4, 0.5) is 13.2 Å². The van der Waals surface area contributed by atoms with Crippen LogP contribution < -0.4 is 5.32 Å². The molecule has 0 aromatic carbocycles. The molecular weight excluding hydrogens is 257 g/mol. The zero-order valence-electron chi connectivity index (χ0n) is 11.3. The second-order valence-electron chi connectivity index (χ2n) is 4.05. The number of halogens is 3. The van der Waals surface area contributed by atoms with Crippen LogP contribution in [0.5, 0.6) is 0 Å². The monoisotopic (exact) mass is 276 g/mol. The average molecular weight is 276 g/mol. The van der Waals surface area contributed by atoms with Gasteiger partial charge in [0.15, 0.2) is 0 Å². The molecule has 1 fully saturated rings. The van der Waals surface area contributed by atoms with E-state index in [1.807, 2.05) is 13.8 Å². The molecule has 0 saturated carbocycles. The highest BCUT2D eigenvalue weighted by molar-refractivity contribution is 5.24. The highest BCUT2D eigenvalue weighted by Gasteiger charge is 2.32. The average Bonchev–Trinajstić information content (AvgIpc) is 2.28. The van der Waals surface area contributed by atoms with E-state index in [1.165, 1.54) is 13.0 Å². The van der Waals surface area contributed by atoms with E-state index in [-0.39, 0.29) is 5.69 Å². The number of rotatable bonds is 3. The van der Waals surface area contributed by atoms with Gasteiger partial charge >= 0.3 is 6.18 Å². The molecule has 3 nitrogen and oxygen atoms in total. The number of alkyl halides is 3. The van der Waals surface area contributed by atoms with E-state index in [4.69, 9.17) is 4.74 Å². The smallest absolute Gasteiger partial charge is 0.378 e. The van der Waals surface area contributed by atoms with Crippen molar-refractivity contribution in [2.75, 3.05) is 13.2 Å². The van der Waals surface area contributed by atoms with Crippen LogP contribution in [0.15, 0.2) is 12.1 Å². The summed E-state index contributed by atoms with van der Waals surface area (Å²) in [4.78, 5) is 3.95. The lowest BCUT2D eigenvalue weighted by molar-refractivity contribution is -0.138. The van der Waals surface area contributed by atoms with Gasteiger partial charge in [-0.3, -0.25) is 4.98 Å². The predicted molar refractivity (Wildman–Crippen MR) is 66.8 cm³/mol. The number of aromatic nitrogens is 1. The van der Waals surface area contributed by atoms with Gasteiger partial charge in [-0.15, -0.1) is 0 Å². The molecule has 1 N–H and O–H groups in total. The first-order chi connectivity index (χ1) is 8.97. The molecule has 6 heteroatoms. The van der Waals surface area contributed by atoms with Gasteiger partial charge in [-0.2, -0.15) is 13.2 Å². The molecule has 2 heterocycles. The Balaban J connectivity index is 0.000000861. The zero-order chi connectivity index (χ0) is 14.5. The van der Waals surface area contributed by atoms with Crippen molar-refractivity contribution in [2.45, 2.75) is 39.5 Å². The van der Waals surface area contributed by atoms with Crippen molar-refractivity contribution in [3.8, 4) is 0 Å². The van der Waals surface area contributed by atoms with Crippen molar-refractivity contribution >= 4 is 0 Å². The maximum Gasteiger partial charge on any atom is 0.418 e. The highest BCUT2D eigenvalue weighted by atomic mass is 19.4. The van der Waals surface area contributed by atoms with Gasteiger partial charge in [0.1, 0.15) is 0 Å². The minimum absolute atomic E-state index is 0.0154. The fraction of sp³-hybridized carbons (Fsp3) is 0.615. The Bertz CT molecular complexity index is 403. The minimum Gasteiger partial charge on any atom is -0.378 e. The first-order valence-electron chi connectivity index (χ1n) is 6.31. The highest BCUT2D eigenvalue weighted by Crippen LogP contribution is 2.30. The normalized spacial score (nSPS) is 15.5. The maximum absolute atomic E-state index is 12.5. The molecular formula is C13H19F3N2O. The Morgan fingerprint density at radius 1 is 1.32 bits per heavy atom. The summed E-state index contributed by atoms with van der Waals surface area (Å²) in [5, 5.41) is 3.15. The van der Waals surface area contributed by atoms with Gasteiger partial charge in [0, 0.05) is 12.2 Å². The third-order valence-corrected chi connectivity index (χ3v) is 2.66. The van der Waals surface area contributed by atoms with E-state index in [0.29, 0.717) is 31.5 Å². The Hall–Kier alpha value is -1.14. The molecule has 0 amide bonds. The van der Waals surface area contributed by atoms with Crippen molar-refractivity contribution in [3.63, 3.8) is 0 Å². The zero-order valence-corrected chi connectivity index (χ0v) is 11.3. The molecule has 2 rings (SSSR count). The fourth-order valence-corrected chi connectivity index (χ4v) is 1.61. The molecule has 0 aliphatic carbocycles. The van der Waals surface area contributed by atoms with Crippen molar-refractivity contribution in [1.82, 2.24) is 10.3 Å². The summed E-state index contributed by atoms with van der Waals surface area (Å²) in [6.07, 6.45) is -4.33. The van der Waals surface area contributed by atoms with Crippen LogP contribution in [0, 0.1) is 6.92 Å². The summed E-state index contributed by atoms with van der Waals surface area (Å²) < 4.78 is 42.4. The summed E-state index contributed by atoms with van der Waals surface area (Å²) in [6, 6.07) is 2.78. The van der Waals surface area contributed by atoms with E-state index < -0.39 is 11.7 Å². The molecule has 19 heavy (non-hydrogen) atoms. The second kappa shape index (κ2) is 6.86. The summed E-state index contributed by atoms with van der Waals surface area (Å²) in [5.41, 5.74) is -0.0442. The van der Waals surface area contributed by atoms with Gasteiger partial charge in [0.2, 0.25) is 0 Å². The van der Waals surface area contributed by atoms with Gasteiger partial charge in [0.05, 0.1) is 30.5 Å². The molecule has 1 aliphatic rings. The van der Waals surface area contributed by atoms with E-state index in [1.54, 1.807) is 0 Å². The molecule has 1 aromatic heterocycles. The number of hydrogen-bond acceptors (Lipinski definition) is 3. The third kappa shape index (κ3) is 4.47. The summed E-state index contributed by atoms with van der Waals surface area (Å²) in [6.45, 7) is 7.14. The van der Waals surface area contributed by atoms with Gasteiger partial charge in [-0.25, -0.2) is 0 Å². The molecule has 1 saturated heterocycles. The molecule has 0 bridgehead atoms. The van der Waals surface area contributed by atoms with Crippen molar-refractivity contribution in [1.29, 1.82) is 0 Å². The topological polar surface area (TPSA) is 34.2 Å². The molecule has 0 atom stereocenters. The maximum atomic E-state index is 12.5. The van der Waals surface area contributed by atoms with Crippen LogP contribution in [0.1, 0.15) is 30.8 Å². The lowest BCUT2D eigenvalue weighted by Gasteiger charge is -2.26. The van der Waals surface area contributed by atoms with Crippen molar-refractivity contribution in [2.24, 2.45) is 0 Å². The molecule has 1 aromatic rings. The number of pyridine rings is 1. The molecule has 108 valence electrons. The van der Waals surface area contributed by atoms with E-state index in [2.05, 4.69) is 10.3 Å². The lowest BCUT2D eigenvalue weighted by atomic mass is 10.1. The van der Waals surface area contributed by atoms with Crippen LogP contribution in [-0.4, -0.2) is 24.2 Å². The number of nitrogens with zero attached hydrogens (tertiary/aromatic N) is 1. The lowest BCUT2D eigenvalue weighted by Crippen LogP contribution is -2.45. The predicted octanol–water partition coefficient (Wildman–Crippen LogP) is 2.92. The molecule has 0 unspecified atom stereocenters. The Morgan fingerprint density at radius 3 is 2.37 bits per heavy atom. The van der Waals surface area contributed by atoms with Crippen LogP contribution in [-0.2, 0) is 17.5 Å². The fourth-order valence-electron chi connectivity index (χ4n) is 1.61. The third-order valence-electron chi connectivity index (χ3n) is 2.66. The summed E-state index contributed by atoms with van der Waals surface area (Å²) in [7, 11) is 0. The Kier molecular flexibility index (Phi) is 5.75. The molecule has 0 radical (unpaired) electrons. The second-order valence-corrected chi connectivity index (χ2v) is 4.05. The number of hydrogen-bond donors (Lipinski definition) is 1. The van der Waals surface area contributed by atoms with Crippen LogP contribution >= 0.6 is 0 Å². The van der Waals surface area contributed by atoms with Gasteiger partial charge in [0.25, 0.3) is 0 Å². The molecule has 1 aliphatic heterocycles. The van der Waals surface area contributed by atoms with Crippen LogP contribution in [0.25, 0.3) is 0 Å². The summed E-state index contributed by atoms with van der Waals surface area (Å²) in [5.74, 6) is 0. The van der Waals surface area contributed by atoms with E-state index in [0.717, 1.165) is 6.07 Å². The number of aryl methyl sites for hydroxylation is 1. The van der Waals surface area contributed by atoms with Crippen LogP contribution in [0.3, 0.4) is 0 Å². The van der Waals surface area contributed by atoms with Crippen LogP contribution in [0.2, 0.25) is 0 Å². The summed E-state index contributed by atoms with van der Waals surface area (Å²) >= 11 is 0. The quantitative estimate of drug-likeness (QED) is 0.921. The van der Waals surface area contributed by atoms with E-state index in [9.17, 15) is 13.2 Å². The van der Waals surface area contributed by atoms with Gasteiger partial charge in [-0.05, 0) is 19.1 Å². The SMILES string of the molecule is CC.Cc1nc(CNC2COC2)ccc1C(F)(F)F. The Labute approximate surface area is 111 Å². The largest absolute Gasteiger partial charge is 0.418 e. The number of nitrogens with one attached hydrogen (secondary N) is 1. The minimum atomic E-state index is -4.33. The van der Waals surface area contributed by atoms with Gasteiger partial charge in [-0.1, -0.05) is 13.8 Å². The first kappa shape index (κ1) is 15.9. The first-order valence-corrected chi connectivity index (χ1v) is 6.31. The van der Waals surface area contributed by atoms with Gasteiger partial charge < -0.3 is 10.1 Å². The number of ether oxygens (including phenoxy) is 1.